The number of ether oxygens (including phenoxy) is 1. The van der Waals surface area contributed by atoms with E-state index in [0.29, 0.717) is 6.42 Å². The maximum Gasteiger partial charge on any atom is 0.339 e. The van der Waals surface area contributed by atoms with Crippen LogP contribution in [-0.4, -0.2) is 21.3 Å². The molecule has 0 spiro atoms. The normalized spacial score (nSPS) is 17.7. The summed E-state index contributed by atoms with van der Waals surface area (Å²) in [5.41, 5.74) is 4.48. The first-order chi connectivity index (χ1) is 20.6. The molecule has 1 aliphatic carbocycles. The second-order valence-corrected chi connectivity index (χ2v) is 13.6. The fourth-order valence-corrected chi connectivity index (χ4v) is 7.49. The number of hydrogen-bond acceptors (Lipinski definition) is 6. The topological polar surface area (TPSA) is 81.7 Å². The third kappa shape index (κ3) is 4.74. The van der Waals surface area contributed by atoms with Crippen LogP contribution >= 0.6 is 0 Å². The predicted octanol–water partition coefficient (Wildman–Crippen LogP) is 8.08. The molecule has 0 saturated carbocycles. The second-order valence-electron chi connectivity index (χ2n) is 12.1. The van der Waals surface area contributed by atoms with Crippen LogP contribution in [0.3, 0.4) is 0 Å². The molecule has 1 atom stereocenters. The van der Waals surface area contributed by atoms with Gasteiger partial charge in [-0.15, -0.1) is 0 Å². The quantitative estimate of drug-likeness (QED) is 0.209. The summed E-state index contributed by atoms with van der Waals surface area (Å²) in [4.78, 5) is 13.9. The first kappa shape index (κ1) is 27.2. The van der Waals surface area contributed by atoms with Gasteiger partial charge in [0.25, 0.3) is 0 Å². The minimum Gasteiger partial charge on any atom is -0.493 e. The number of fused-ring (bicyclic) bond motifs is 5. The molecule has 0 unspecified atom stereocenters. The zero-order valence-corrected chi connectivity index (χ0v) is 25.0. The number of carbonyl (C=O) groups excluding carboxylic acids is 1. The summed E-state index contributed by atoms with van der Waals surface area (Å²) in [5.74, 6) is 0.450. The molecular formula is C36H31NO5S. The van der Waals surface area contributed by atoms with Crippen molar-refractivity contribution in [3.8, 4) is 11.5 Å². The zero-order valence-electron chi connectivity index (χ0n) is 24.2. The van der Waals surface area contributed by atoms with Crippen molar-refractivity contribution in [2.24, 2.45) is 5.41 Å². The number of hydrogen-bond donors (Lipinski definition) is 1. The standard InChI is InChI=1S/C36H31NO5S/c1-36(2)20-28-33-27-11-7-6-9-23(27)13-16-29(33)37-35(34(28)30(38)21-36)25-14-17-31(32(19-25)41-3)42-43(39,40)26-15-12-22-8-4-5-10-24(22)18-26/h4-19,35,37H,20-21H2,1-3H3/t35-/m1/s1. The van der Waals surface area contributed by atoms with E-state index in [1.54, 1.807) is 30.3 Å². The van der Waals surface area contributed by atoms with E-state index in [9.17, 15) is 13.2 Å². The molecule has 1 N–H and O–H groups in total. The molecule has 0 radical (unpaired) electrons. The first-order valence-corrected chi connectivity index (χ1v) is 15.7. The third-order valence-electron chi connectivity index (χ3n) is 8.47. The molecule has 43 heavy (non-hydrogen) atoms. The Hall–Kier alpha value is -4.62. The number of carbonyl (C=O) groups is 1. The van der Waals surface area contributed by atoms with Gasteiger partial charge in [0.2, 0.25) is 0 Å². The van der Waals surface area contributed by atoms with Crippen molar-refractivity contribution in [1.82, 2.24) is 0 Å². The molecule has 7 rings (SSSR count). The molecule has 216 valence electrons. The monoisotopic (exact) mass is 589 g/mol. The van der Waals surface area contributed by atoms with Crippen LogP contribution < -0.4 is 14.2 Å². The Morgan fingerprint density at radius 3 is 2.30 bits per heavy atom. The Balaban J connectivity index is 1.29. The molecule has 6 nitrogen and oxygen atoms in total. The van der Waals surface area contributed by atoms with Gasteiger partial charge in [0.05, 0.1) is 13.2 Å². The van der Waals surface area contributed by atoms with Crippen molar-refractivity contribution in [1.29, 1.82) is 0 Å². The Labute approximate surface area is 251 Å². The third-order valence-corrected chi connectivity index (χ3v) is 9.70. The summed E-state index contributed by atoms with van der Waals surface area (Å²) in [7, 11) is -2.66. The smallest absolute Gasteiger partial charge is 0.339 e. The summed E-state index contributed by atoms with van der Waals surface area (Å²) in [6.07, 6.45) is 1.22. The van der Waals surface area contributed by atoms with E-state index in [-0.39, 0.29) is 27.6 Å². The van der Waals surface area contributed by atoms with Crippen LogP contribution in [-0.2, 0) is 14.9 Å². The van der Waals surface area contributed by atoms with E-state index in [4.69, 9.17) is 8.92 Å². The fourth-order valence-electron chi connectivity index (χ4n) is 6.51. The fraction of sp³-hybridized carbons (Fsp3) is 0.194. The van der Waals surface area contributed by atoms with Gasteiger partial charge in [0.1, 0.15) is 4.90 Å². The molecule has 0 aromatic heterocycles. The number of ketones is 1. The molecule has 0 saturated heterocycles. The zero-order chi connectivity index (χ0) is 29.9. The SMILES string of the molecule is COc1cc([C@H]2Nc3ccc4ccccc4c3C3=C2C(=O)CC(C)(C)C3)ccc1OS(=O)(=O)c1ccc2ccccc2c1. The molecule has 5 aromatic rings. The summed E-state index contributed by atoms with van der Waals surface area (Å²) >= 11 is 0. The summed E-state index contributed by atoms with van der Waals surface area (Å²) < 4.78 is 37.8. The molecule has 0 amide bonds. The minimum atomic E-state index is -4.14. The van der Waals surface area contributed by atoms with Gasteiger partial charge in [-0.1, -0.05) is 80.6 Å². The van der Waals surface area contributed by atoms with Gasteiger partial charge >= 0.3 is 10.1 Å². The lowest BCUT2D eigenvalue weighted by atomic mass is 9.68. The van der Waals surface area contributed by atoms with E-state index >= 15 is 0 Å². The van der Waals surface area contributed by atoms with Crippen molar-refractivity contribution >= 4 is 48.7 Å². The highest BCUT2D eigenvalue weighted by Crippen LogP contribution is 2.52. The van der Waals surface area contributed by atoms with E-state index in [1.165, 1.54) is 13.2 Å². The minimum absolute atomic E-state index is 0.0559. The molecule has 7 heteroatoms. The number of allylic oxidation sites excluding steroid dienone is 1. The van der Waals surface area contributed by atoms with Crippen molar-refractivity contribution < 1.29 is 22.1 Å². The van der Waals surface area contributed by atoms with E-state index in [2.05, 4.69) is 43.4 Å². The molecule has 5 aromatic carbocycles. The highest BCUT2D eigenvalue weighted by atomic mass is 32.2. The van der Waals surface area contributed by atoms with Crippen LogP contribution in [0.5, 0.6) is 11.5 Å². The Morgan fingerprint density at radius 1 is 0.791 bits per heavy atom. The van der Waals surface area contributed by atoms with Crippen LogP contribution in [0.1, 0.15) is 43.9 Å². The van der Waals surface area contributed by atoms with Crippen molar-refractivity contribution in [2.75, 3.05) is 12.4 Å². The van der Waals surface area contributed by atoms with Crippen molar-refractivity contribution in [3.05, 3.63) is 114 Å². The van der Waals surface area contributed by atoms with Crippen molar-refractivity contribution in [2.45, 2.75) is 37.6 Å². The number of Topliss-reactive ketones (excluding diaryl/α,β-unsaturated/α-hetero) is 1. The number of methoxy groups -OCH3 is 1. The van der Waals surface area contributed by atoms with E-state index in [0.717, 1.165) is 55.9 Å². The number of nitrogens with one attached hydrogen (secondary N) is 1. The van der Waals surface area contributed by atoms with Gasteiger partial charge in [0, 0.05) is 23.2 Å². The average Bonchev–Trinajstić information content (AvgIpc) is 2.99. The highest BCUT2D eigenvalue weighted by molar-refractivity contribution is 7.87. The van der Waals surface area contributed by atoms with Crippen LogP contribution in [0.25, 0.3) is 27.1 Å². The van der Waals surface area contributed by atoms with E-state index < -0.39 is 16.2 Å². The Bertz CT molecular complexity index is 2090. The maximum absolute atomic E-state index is 13.8. The van der Waals surface area contributed by atoms with E-state index in [1.807, 2.05) is 36.4 Å². The van der Waals surface area contributed by atoms with Gasteiger partial charge in [-0.05, 0) is 74.8 Å². The number of anilines is 1. The molecular weight excluding hydrogens is 558 g/mol. The lowest BCUT2D eigenvalue weighted by molar-refractivity contribution is -0.118. The van der Waals surface area contributed by atoms with Gasteiger partial charge in [-0.25, -0.2) is 0 Å². The van der Waals surface area contributed by atoms with Crippen LogP contribution in [0.15, 0.2) is 108 Å². The van der Waals surface area contributed by atoms with Crippen LogP contribution in [0.4, 0.5) is 5.69 Å². The van der Waals surface area contributed by atoms with Gasteiger partial charge in [0.15, 0.2) is 17.3 Å². The molecule has 0 fully saturated rings. The van der Waals surface area contributed by atoms with Gasteiger partial charge in [-0.3, -0.25) is 4.79 Å². The molecule has 1 heterocycles. The first-order valence-electron chi connectivity index (χ1n) is 14.3. The Morgan fingerprint density at radius 2 is 1.51 bits per heavy atom. The molecule has 0 bridgehead atoms. The predicted molar refractivity (Wildman–Crippen MR) is 170 cm³/mol. The van der Waals surface area contributed by atoms with Crippen LogP contribution in [0, 0.1) is 5.41 Å². The van der Waals surface area contributed by atoms with Gasteiger partial charge in [-0.2, -0.15) is 8.42 Å². The van der Waals surface area contributed by atoms with Gasteiger partial charge < -0.3 is 14.2 Å². The number of rotatable bonds is 5. The lowest BCUT2D eigenvalue weighted by Crippen LogP contribution is -2.33. The van der Waals surface area contributed by atoms with Crippen LogP contribution in [0.2, 0.25) is 0 Å². The lowest BCUT2D eigenvalue weighted by Gasteiger charge is -2.40. The maximum atomic E-state index is 13.8. The second kappa shape index (κ2) is 9.99. The Kier molecular flexibility index (Phi) is 6.32. The highest BCUT2D eigenvalue weighted by Gasteiger charge is 2.41. The summed E-state index contributed by atoms with van der Waals surface area (Å²) in [5, 5.41) is 7.61. The summed E-state index contributed by atoms with van der Waals surface area (Å²) in [6.45, 7) is 4.28. The van der Waals surface area contributed by atoms with Crippen molar-refractivity contribution in [3.63, 3.8) is 0 Å². The summed E-state index contributed by atoms with van der Waals surface area (Å²) in [6, 6.07) is 29.6. The average molecular weight is 590 g/mol. The largest absolute Gasteiger partial charge is 0.493 e. The molecule has 2 aliphatic rings. The number of benzene rings is 5. The molecule has 1 aliphatic heterocycles.